The zero-order chi connectivity index (χ0) is 20.5. The Morgan fingerprint density at radius 2 is 1.71 bits per heavy atom. The van der Waals surface area contributed by atoms with Gasteiger partial charge in [-0.25, -0.2) is 0 Å². The first-order valence-corrected chi connectivity index (χ1v) is 8.61. The van der Waals surface area contributed by atoms with Crippen LogP contribution in [0.2, 0.25) is 0 Å². The molecule has 2 N–H and O–H groups in total. The molecule has 28 heavy (non-hydrogen) atoms. The smallest absolute Gasteiger partial charge is 0.269 e. The third-order valence-corrected chi connectivity index (χ3v) is 3.53. The van der Waals surface area contributed by atoms with E-state index in [4.69, 9.17) is 4.74 Å². The minimum absolute atomic E-state index is 0.0329. The van der Waals surface area contributed by atoms with Crippen molar-refractivity contribution in [1.29, 1.82) is 0 Å². The van der Waals surface area contributed by atoms with Gasteiger partial charge in [0, 0.05) is 23.8 Å². The van der Waals surface area contributed by atoms with Crippen molar-refractivity contribution in [1.82, 2.24) is 10.9 Å². The number of carbonyl (C=O) groups is 2. The van der Waals surface area contributed by atoms with E-state index < -0.39 is 16.7 Å². The number of hydrogen-bond donors (Lipinski definition) is 2. The number of hydrogen-bond acceptors (Lipinski definition) is 5. The Labute approximate surface area is 162 Å². The lowest BCUT2D eigenvalue weighted by Crippen LogP contribution is -2.40. The number of nitrogens with one attached hydrogen (secondary N) is 2. The van der Waals surface area contributed by atoms with Crippen molar-refractivity contribution in [2.24, 2.45) is 5.92 Å². The number of rotatable bonds is 7. The molecule has 146 valence electrons. The Morgan fingerprint density at radius 1 is 1.07 bits per heavy atom. The number of benzene rings is 2. The van der Waals surface area contributed by atoms with Crippen LogP contribution in [0.15, 0.2) is 54.6 Å². The molecule has 0 fully saturated rings. The zero-order valence-corrected chi connectivity index (χ0v) is 15.5. The van der Waals surface area contributed by atoms with Crippen molar-refractivity contribution in [3.63, 3.8) is 0 Å². The summed E-state index contributed by atoms with van der Waals surface area (Å²) in [6, 6.07) is 12.3. The van der Waals surface area contributed by atoms with Crippen molar-refractivity contribution in [2.45, 2.75) is 13.8 Å². The van der Waals surface area contributed by atoms with Gasteiger partial charge in [-0.15, -0.1) is 0 Å². The van der Waals surface area contributed by atoms with Gasteiger partial charge in [-0.1, -0.05) is 13.8 Å². The number of nitro benzene ring substituents is 1. The lowest BCUT2D eigenvalue weighted by molar-refractivity contribution is -0.384. The first kappa shape index (κ1) is 20.6. The van der Waals surface area contributed by atoms with Crippen LogP contribution in [0.4, 0.5) is 5.69 Å². The predicted octanol–water partition coefficient (Wildman–Crippen LogP) is 3.10. The largest absolute Gasteiger partial charge is 0.493 e. The molecule has 0 spiro atoms. The van der Waals surface area contributed by atoms with Gasteiger partial charge in [0.05, 0.1) is 11.5 Å². The highest BCUT2D eigenvalue weighted by Crippen LogP contribution is 2.14. The van der Waals surface area contributed by atoms with Gasteiger partial charge in [0.1, 0.15) is 5.75 Å². The summed E-state index contributed by atoms with van der Waals surface area (Å²) in [7, 11) is 0. The molecule has 0 radical (unpaired) electrons. The average Bonchev–Trinajstić information content (AvgIpc) is 2.69. The van der Waals surface area contributed by atoms with Gasteiger partial charge in [-0.3, -0.25) is 30.6 Å². The summed E-state index contributed by atoms with van der Waals surface area (Å²) in [6.07, 6.45) is 2.69. The lowest BCUT2D eigenvalue weighted by Gasteiger charge is -2.09. The maximum Gasteiger partial charge on any atom is 0.269 e. The van der Waals surface area contributed by atoms with Gasteiger partial charge < -0.3 is 4.74 Å². The molecule has 2 amide bonds. The molecule has 0 unspecified atom stereocenters. The van der Waals surface area contributed by atoms with E-state index in [9.17, 15) is 19.7 Å². The number of ether oxygens (including phenoxy) is 1. The van der Waals surface area contributed by atoms with E-state index in [1.165, 1.54) is 36.4 Å². The van der Waals surface area contributed by atoms with E-state index in [2.05, 4.69) is 10.9 Å². The molecule has 8 nitrogen and oxygen atoms in total. The molecule has 0 aliphatic carbocycles. The van der Waals surface area contributed by atoms with Crippen LogP contribution in [-0.2, 0) is 4.79 Å². The number of carbonyl (C=O) groups excluding carboxylic acids is 2. The van der Waals surface area contributed by atoms with Gasteiger partial charge >= 0.3 is 0 Å². The second-order valence-corrected chi connectivity index (χ2v) is 6.35. The standard InChI is InChI=1S/C20H21N3O5/c1-14(2)13-28-18-10-6-16(7-11-18)20(25)22-21-19(24)12-5-15-3-8-17(9-4-15)23(26)27/h3-12,14H,13H2,1-2H3,(H,21,24)(H,22,25)/b12-5+. The Morgan fingerprint density at radius 3 is 2.29 bits per heavy atom. The van der Waals surface area contributed by atoms with Gasteiger partial charge in [0.2, 0.25) is 0 Å². The van der Waals surface area contributed by atoms with Crippen LogP contribution >= 0.6 is 0 Å². The fourth-order valence-corrected chi connectivity index (χ4v) is 2.08. The van der Waals surface area contributed by atoms with Crippen LogP contribution in [0.25, 0.3) is 6.08 Å². The van der Waals surface area contributed by atoms with E-state index in [1.54, 1.807) is 24.3 Å². The molecular formula is C20H21N3O5. The molecule has 2 aromatic rings. The second-order valence-electron chi connectivity index (χ2n) is 6.35. The van der Waals surface area contributed by atoms with Crippen LogP contribution < -0.4 is 15.6 Å². The zero-order valence-electron chi connectivity index (χ0n) is 15.5. The molecule has 0 atom stereocenters. The average molecular weight is 383 g/mol. The number of amides is 2. The maximum absolute atomic E-state index is 12.0. The second kappa shape index (κ2) is 9.86. The highest BCUT2D eigenvalue weighted by Gasteiger charge is 2.07. The van der Waals surface area contributed by atoms with Crippen LogP contribution in [0.3, 0.4) is 0 Å². The van der Waals surface area contributed by atoms with Crippen LogP contribution in [0, 0.1) is 16.0 Å². The highest BCUT2D eigenvalue weighted by molar-refractivity contribution is 5.98. The third-order valence-electron chi connectivity index (χ3n) is 3.53. The Hall–Kier alpha value is -3.68. The first-order valence-electron chi connectivity index (χ1n) is 8.61. The van der Waals surface area contributed by atoms with Crippen molar-refractivity contribution >= 4 is 23.6 Å². The molecule has 8 heteroatoms. The Kier molecular flexibility index (Phi) is 7.27. The quantitative estimate of drug-likeness (QED) is 0.434. The summed E-state index contributed by atoms with van der Waals surface area (Å²) in [5.41, 5.74) is 5.53. The maximum atomic E-state index is 12.0. The van der Waals surface area contributed by atoms with E-state index in [0.717, 1.165) is 0 Å². The van der Waals surface area contributed by atoms with Crippen molar-refractivity contribution in [3.8, 4) is 5.75 Å². The van der Waals surface area contributed by atoms with Gasteiger partial charge in [0.15, 0.2) is 0 Å². The minimum Gasteiger partial charge on any atom is -0.493 e. The summed E-state index contributed by atoms with van der Waals surface area (Å²) >= 11 is 0. The lowest BCUT2D eigenvalue weighted by atomic mass is 10.2. The van der Waals surface area contributed by atoms with Crippen LogP contribution in [-0.4, -0.2) is 23.3 Å². The van der Waals surface area contributed by atoms with E-state index in [1.807, 2.05) is 13.8 Å². The first-order chi connectivity index (χ1) is 13.3. The molecular weight excluding hydrogens is 362 g/mol. The molecule has 0 saturated heterocycles. The summed E-state index contributed by atoms with van der Waals surface area (Å²) in [6.45, 7) is 4.67. The van der Waals surface area contributed by atoms with Crippen molar-refractivity contribution < 1.29 is 19.2 Å². The molecule has 0 aliphatic rings. The van der Waals surface area contributed by atoms with Crippen LogP contribution in [0.1, 0.15) is 29.8 Å². The number of hydrazine groups is 1. The minimum atomic E-state index is -0.538. The summed E-state index contributed by atoms with van der Waals surface area (Å²) < 4.78 is 5.55. The summed E-state index contributed by atoms with van der Waals surface area (Å²) in [5, 5.41) is 10.6. The third kappa shape index (κ3) is 6.56. The molecule has 0 bridgehead atoms. The molecule has 0 heterocycles. The van der Waals surface area contributed by atoms with Crippen molar-refractivity contribution in [2.75, 3.05) is 6.61 Å². The van der Waals surface area contributed by atoms with Crippen molar-refractivity contribution in [3.05, 3.63) is 75.8 Å². The van der Waals surface area contributed by atoms with E-state index in [-0.39, 0.29) is 5.69 Å². The summed E-state index contributed by atoms with van der Waals surface area (Å²) in [4.78, 5) is 33.9. The predicted molar refractivity (Wildman–Crippen MR) is 105 cm³/mol. The monoisotopic (exact) mass is 383 g/mol. The van der Waals surface area contributed by atoms with Gasteiger partial charge in [-0.2, -0.15) is 0 Å². The molecule has 0 saturated carbocycles. The highest BCUT2D eigenvalue weighted by atomic mass is 16.6. The fraction of sp³-hybridized carbons (Fsp3) is 0.200. The van der Waals surface area contributed by atoms with Gasteiger partial charge in [0.25, 0.3) is 17.5 Å². The summed E-state index contributed by atoms with van der Waals surface area (Å²) in [5.74, 6) is 0.0636. The normalized spacial score (nSPS) is 10.7. The molecule has 0 aliphatic heterocycles. The van der Waals surface area contributed by atoms with Gasteiger partial charge in [-0.05, 0) is 54.0 Å². The Bertz CT molecular complexity index is 858. The Balaban J connectivity index is 1.83. The number of nitro groups is 1. The van der Waals surface area contributed by atoms with Crippen LogP contribution in [0.5, 0.6) is 5.75 Å². The number of nitrogens with zero attached hydrogens (tertiary/aromatic N) is 1. The number of non-ortho nitro benzene ring substituents is 1. The molecule has 2 aromatic carbocycles. The molecule has 2 rings (SSSR count). The fourth-order valence-electron chi connectivity index (χ4n) is 2.08. The topological polar surface area (TPSA) is 111 Å². The SMILES string of the molecule is CC(C)COc1ccc(C(=O)NNC(=O)/C=C/c2ccc([N+](=O)[O-])cc2)cc1. The van der Waals surface area contributed by atoms with E-state index in [0.29, 0.717) is 29.4 Å². The molecule has 0 aromatic heterocycles. The van der Waals surface area contributed by atoms with E-state index >= 15 is 0 Å².